The number of hydrogen-bond acceptors (Lipinski definition) is 3. The lowest BCUT2D eigenvalue weighted by Gasteiger charge is -2.15. The van der Waals surface area contributed by atoms with Crippen LogP contribution >= 0.6 is 0 Å². The molecule has 0 aliphatic carbocycles. The fraction of sp³-hybridized carbons (Fsp3) is 0.158. The molecule has 2 aromatic carbocycles. The number of rotatable bonds is 5. The monoisotopic (exact) mass is 309 g/mol. The molecule has 0 aliphatic heterocycles. The van der Waals surface area contributed by atoms with Gasteiger partial charge in [0.05, 0.1) is 0 Å². The Labute approximate surface area is 136 Å². The predicted octanol–water partition coefficient (Wildman–Crippen LogP) is 3.28. The summed E-state index contributed by atoms with van der Waals surface area (Å²) >= 11 is 0. The second-order valence-electron chi connectivity index (χ2n) is 5.14. The third kappa shape index (κ3) is 5.11. The molecule has 0 aromatic heterocycles. The van der Waals surface area contributed by atoms with Crippen molar-refractivity contribution in [3.05, 3.63) is 71.8 Å². The number of nitrogens with zero attached hydrogens (tertiary/aromatic N) is 1. The van der Waals surface area contributed by atoms with Gasteiger partial charge in [0.25, 0.3) is 0 Å². The number of carbonyl (C=O) groups is 2. The van der Waals surface area contributed by atoms with Gasteiger partial charge in [-0.2, -0.15) is 0 Å². The molecule has 2 aromatic rings. The summed E-state index contributed by atoms with van der Waals surface area (Å²) in [7, 11) is 1.75. The van der Waals surface area contributed by atoms with E-state index >= 15 is 0 Å². The Bertz CT molecular complexity index is 708. The van der Waals surface area contributed by atoms with E-state index in [0.717, 1.165) is 5.56 Å². The molecule has 2 rings (SSSR count). The number of esters is 1. The number of ether oxygens (including phenoxy) is 1. The number of hydrogen-bond donors (Lipinski definition) is 0. The highest BCUT2D eigenvalue weighted by Gasteiger charge is 2.07. The van der Waals surface area contributed by atoms with Crippen molar-refractivity contribution in [2.45, 2.75) is 13.5 Å². The summed E-state index contributed by atoms with van der Waals surface area (Å²) in [6.45, 7) is 1.88. The zero-order valence-corrected chi connectivity index (χ0v) is 13.2. The van der Waals surface area contributed by atoms with Crippen LogP contribution in [0, 0.1) is 0 Å². The topological polar surface area (TPSA) is 46.6 Å². The molecule has 0 saturated heterocycles. The van der Waals surface area contributed by atoms with Crippen molar-refractivity contribution in [2.75, 3.05) is 7.05 Å². The third-order valence-corrected chi connectivity index (χ3v) is 3.22. The van der Waals surface area contributed by atoms with E-state index < -0.39 is 5.97 Å². The quantitative estimate of drug-likeness (QED) is 0.484. The van der Waals surface area contributed by atoms with Crippen molar-refractivity contribution in [1.82, 2.24) is 4.90 Å². The number of benzene rings is 2. The Balaban J connectivity index is 2.05. The van der Waals surface area contributed by atoms with Crippen LogP contribution in [-0.4, -0.2) is 23.8 Å². The van der Waals surface area contributed by atoms with Gasteiger partial charge in [-0.1, -0.05) is 48.5 Å². The summed E-state index contributed by atoms with van der Waals surface area (Å²) in [6.07, 6.45) is 3.13. The Morgan fingerprint density at radius 2 is 1.70 bits per heavy atom. The zero-order valence-electron chi connectivity index (χ0n) is 13.2. The first-order valence-electron chi connectivity index (χ1n) is 7.31. The van der Waals surface area contributed by atoms with Gasteiger partial charge in [-0.05, 0) is 17.7 Å². The maximum atomic E-state index is 12.2. The van der Waals surface area contributed by atoms with Crippen molar-refractivity contribution in [3.63, 3.8) is 0 Å². The minimum absolute atomic E-state index is 0.119. The van der Waals surface area contributed by atoms with E-state index in [1.54, 1.807) is 36.2 Å². The molecule has 23 heavy (non-hydrogen) atoms. The van der Waals surface area contributed by atoms with E-state index in [4.69, 9.17) is 4.74 Å². The molecule has 0 radical (unpaired) electrons. The SMILES string of the molecule is CC(=O)Oc1ccccc1/C=C\C(=O)N(C)Cc1ccccc1. The molecule has 0 unspecified atom stereocenters. The zero-order chi connectivity index (χ0) is 16.7. The van der Waals surface area contributed by atoms with Crippen LogP contribution in [-0.2, 0) is 16.1 Å². The Kier molecular flexibility index (Phi) is 5.69. The molecule has 0 heterocycles. The number of likely N-dealkylation sites (N-methyl/N-ethyl adjacent to an activating group) is 1. The highest BCUT2D eigenvalue weighted by molar-refractivity contribution is 5.92. The first kappa shape index (κ1) is 16.5. The standard InChI is InChI=1S/C19H19NO3/c1-15(21)23-18-11-7-6-10-17(18)12-13-19(22)20(2)14-16-8-4-3-5-9-16/h3-13H,14H2,1-2H3/b13-12-. The summed E-state index contributed by atoms with van der Waals surface area (Å²) in [5, 5.41) is 0. The van der Waals surface area contributed by atoms with Crippen LogP contribution in [0.4, 0.5) is 0 Å². The van der Waals surface area contributed by atoms with Crippen LogP contribution < -0.4 is 4.74 Å². The smallest absolute Gasteiger partial charge is 0.308 e. The molecule has 0 fully saturated rings. The van der Waals surface area contributed by atoms with Gasteiger partial charge < -0.3 is 9.64 Å². The number of amides is 1. The summed E-state index contributed by atoms with van der Waals surface area (Å²) in [5.41, 5.74) is 1.75. The van der Waals surface area contributed by atoms with E-state index in [1.807, 2.05) is 36.4 Å². The fourth-order valence-electron chi connectivity index (χ4n) is 2.09. The molecule has 118 valence electrons. The van der Waals surface area contributed by atoms with Crippen molar-refractivity contribution in [1.29, 1.82) is 0 Å². The minimum atomic E-state index is -0.390. The van der Waals surface area contributed by atoms with Gasteiger partial charge in [-0.15, -0.1) is 0 Å². The molecule has 4 nitrogen and oxygen atoms in total. The predicted molar refractivity (Wildman–Crippen MR) is 89.7 cm³/mol. The largest absolute Gasteiger partial charge is 0.426 e. The summed E-state index contributed by atoms with van der Waals surface area (Å²) < 4.78 is 5.12. The second kappa shape index (κ2) is 7.94. The maximum absolute atomic E-state index is 12.2. The fourth-order valence-corrected chi connectivity index (χ4v) is 2.09. The summed E-state index contributed by atoms with van der Waals surface area (Å²) in [4.78, 5) is 24.9. The summed E-state index contributed by atoms with van der Waals surface area (Å²) in [6, 6.07) is 16.9. The first-order valence-corrected chi connectivity index (χ1v) is 7.31. The lowest BCUT2D eigenvalue weighted by molar-refractivity contribution is -0.132. The molecule has 1 amide bonds. The van der Waals surface area contributed by atoms with E-state index in [0.29, 0.717) is 17.9 Å². The Morgan fingerprint density at radius 3 is 2.39 bits per heavy atom. The maximum Gasteiger partial charge on any atom is 0.308 e. The molecule has 4 heteroatoms. The van der Waals surface area contributed by atoms with Crippen LogP contribution in [0.25, 0.3) is 6.08 Å². The van der Waals surface area contributed by atoms with Gasteiger partial charge in [0.1, 0.15) is 5.75 Å². The second-order valence-corrected chi connectivity index (χ2v) is 5.14. The van der Waals surface area contributed by atoms with E-state index in [2.05, 4.69) is 0 Å². The highest BCUT2D eigenvalue weighted by Crippen LogP contribution is 2.19. The molecule has 0 bridgehead atoms. The van der Waals surface area contributed by atoms with Crippen LogP contribution in [0.3, 0.4) is 0 Å². The lowest BCUT2D eigenvalue weighted by atomic mass is 10.2. The molecule has 0 aliphatic rings. The van der Waals surface area contributed by atoms with Crippen LogP contribution in [0.1, 0.15) is 18.1 Å². The van der Waals surface area contributed by atoms with E-state index in [9.17, 15) is 9.59 Å². The highest BCUT2D eigenvalue weighted by atomic mass is 16.5. The normalized spacial score (nSPS) is 10.5. The van der Waals surface area contributed by atoms with Crippen molar-refractivity contribution in [3.8, 4) is 5.75 Å². The number of para-hydroxylation sites is 1. The molecule has 0 atom stereocenters. The van der Waals surface area contributed by atoms with Crippen molar-refractivity contribution < 1.29 is 14.3 Å². The average molecular weight is 309 g/mol. The van der Waals surface area contributed by atoms with E-state index in [-0.39, 0.29) is 5.91 Å². The van der Waals surface area contributed by atoms with Crippen molar-refractivity contribution in [2.24, 2.45) is 0 Å². The molecular weight excluding hydrogens is 290 g/mol. The van der Waals surface area contributed by atoms with Gasteiger partial charge in [-0.3, -0.25) is 9.59 Å². The lowest BCUT2D eigenvalue weighted by Crippen LogP contribution is -2.24. The molecule has 0 spiro atoms. The van der Waals surface area contributed by atoms with Crippen molar-refractivity contribution >= 4 is 18.0 Å². The average Bonchev–Trinajstić information content (AvgIpc) is 2.54. The summed E-state index contributed by atoms with van der Waals surface area (Å²) in [5.74, 6) is -0.0698. The van der Waals surface area contributed by atoms with E-state index in [1.165, 1.54) is 13.0 Å². The van der Waals surface area contributed by atoms with Gasteiger partial charge in [0.15, 0.2) is 0 Å². The number of carbonyl (C=O) groups excluding carboxylic acids is 2. The van der Waals surface area contributed by atoms with Crippen LogP contribution in [0.15, 0.2) is 60.7 Å². The Morgan fingerprint density at radius 1 is 1.04 bits per heavy atom. The third-order valence-electron chi connectivity index (χ3n) is 3.22. The Hall–Kier alpha value is -2.88. The van der Waals surface area contributed by atoms with Gasteiger partial charge in [-0.25, -0.2) is 0 Å². The van der Waals surface area contributed by atoms with Gasteiger partial charge >= 0.3 is 5.97 Å². The molecule has 0 saturated carbocycles. The van der Waals surface area contributed by atoms with Crippen LogP contribution in [0.2, 0.25) is 0 Å². The minimum Gasteiger partial charge on any atom is -0.426 e. The van der Waals surface area contributed by atoms with Gasteiger partial charge in [0.2, 0.25) is 5.91 Å². The van der Waals surface area contributed by atoms with Crippen LogP contribution in [0.5, 0.6) is 5.75 Å². The molecular formula is C19H19NO3. The molecule has 0 N–H and O–H groups in total. The van der Waals surface area contributed by atoms with Gasteiger partial charge in [0, 0.05) is 32.2 Å². The first-order chi connectivity index (χ1) is 11.1.